The van der Waals surface area contributed by atoms with Crippen LogP contribution in [0.2, 0.25) is 0 Å². The van der Waals surface area contributed by atoms with Crippen molar-refractivity contribution in [3.8, 4) is 33.6 Å². The monoisotopic (exact) mass is 650 g/mol. The molecule has 0 spiro atoms. The maximum absolute atomic E-state index is 6.26. The van der Waals surface area contributed by atoms with Crippen LogP contribution in [-0.2, 0) is 0 Å². The van der Waals surface area contributed by atoms with Gasteiger partial charge in [-0.25, -0.2) is 0 Å². The predicted octanol–water partition coefficient (Wildman–Crippen LogP) is 13.1. The molecule has 11 aromatic rings. The molecule has 51 heavy (non-hydrogen) atoms. The second-order valence-electron chi connectivity index (χ2n) is 13.3. The summed E-state index contributed by atoms with van der Waals surface area (Å²) in [6.45, 7) is 0. The Hall–Kier alpha value is -6.84. The van der Waals surface area contributed by atoms with E-state index in [-0.39, 0.29) is 0 Å². The zero-order chi connectivity index (χ0) is 33.5. The highest BCUT2D eigenvalue weighted by molar-refractivity contribution is 6.17. The molecule has 11 rings (SSSR count). The summed E-state index contributed by atoms with van der Waals surface area (Å²) in [6.07, 6.45) is 0. The van der Waals surface area contributed by atoms with Crippen LogP contribution in [0.1, 0.15) is 0 Å². The fraction of sp³-hybridized carbons (Fsp3) is 0. The molecule has 0 bridgehead atoms. The molecule has 0 aliphatic heterocycles. The van der Waals surface area contributed by atoms with Gasteiger partial charge in [-0.3, -0.25) is 0 Å². The number of rotatable bonds is 4. The van der Waals surface area contributed by atoms with Crippen LogP contribution in [0, 0.1) is 0 Å². The molecular formula is C48H30N2O. The second kappa shape index (κ2) is 10.8. The fourth-order valence-electron chi connectivity index (χ4n) is 8.36. The summed E-state index contributed by atoms with van der Waals surface area (Å²) in [5.74, 6) is 0. The van der Waals surface area contributed by atoms with Crippen molar-refractivity contribution in [1.82, 2.24) is 9.13 Å². The van der Waals surface area contributed by atoms with Gasteiger partial charge >= 0.3 is 0 Å². The Balaban J connectivity index is 1.15. The normalized spacial score (nSPS) is 11.9. The molecule has 3 nitrogen and oxygen atoms in total. The van der Waals surface area contributed by atoms with Crippen LogP contribution < -0.4 is 0 Å². The first kappa shape index (κ1) is 28.0. The minimum Gasteiger partial charge on any atom is -0.456 e. The lowest BCUT2D eigenvalue weighted by Crippen LogP contribution is -1.95. The van der Waals surface area contributed by atoms with Gasteiger partial charge in [0.05, 0.1) is 22.1 Å². The Labute approximate surface area is 293 Å². The van der Waals surface area contributed by atoms with E-state index in [9.17, 15) is 0 Å². The molecule has 3 aromatic heterocycles. The van der Waals surface area contributed by atoms with Crippen molar-refractivity contribution in [2.24, 2.45) is 0 Å². The molecule has 3 heteroatoms. The van der Waals surface area contributed by atoms with E-state index in [4.69, 9.17) is 4.42 Å². The molecule has 8 aromatic carbocycles. The lowest BCUT2D eigenvalue weighted by atomic mass is 9.98. The van der Waals surface area contributed by atoms with Crippen molar-refractivity contribution in [1.29, 1.82) is 0 Å². The molecule has 0 aliphatic carbocycles. The van der Waals surface area contributed by atoms with Gasteiger partial charge in [-0.05, 0) is 82.9 Å². The molecule has 0 saturated carbocycles. The number of hydrogen-bond acceptors (Lipinski definition) is 1. The highest BCUT2D eigenvalue weighted by Gasteiger charge is 2.19. The van der Waals surface area contributed by atoms with Crippen LogP contribution in [0.15, 0.2) is 186 Å². The van der Waals surface area contributed by atoms with Gasteiger partial charge in [-0.1, -0.05) is 121 Å². The second-order valence-corrected chi connectivity index (χ2v) is 13.3. The topological polar surface area (TPSA) is 23.0 Å². The third-order valence-electron chi connectivity index (χ3n) is 10.5. The first-order valence-corrected chi connectivity index (χ1v) is 17.4. The highest BCUT2D eigenvalue weighted by Crippen LogP contribution is 2.42. The van der Waals surface area contributed by atoms with Crippen LogP contribution in [0.4, 0.5) is 0 Å². The van der Waals surface area contributed by atoms with E-state index in [0.717, 1.165) is 38.9 Å². The van der Waals surface area contributed by atoms with Gasteiger partial charge in [0.25, 0.3) is 0 Å². The van der Waals surface area contributed by atoms with E-state index < -0.39 is 0 Å². The highest BCUT2D eigenvalue weighted by atomic mass is 16.3. The van der Waals surface area contributed by atoms with E-state index in [1.165, 1.54) is 60.3 Å². The number of nitrogens with zero attached hydrogens (tertiary/aromatic N) is 2. The standard InChI is InChI=1S/C48H30N2O/c1-2-14-33(15-3-1)49-42-23-8-5-18-39(42)47-35(20-11-24-43(47)49)32-27-28-38-37-17-4-7-22-41(37)50(44(38)30-32)34-16-10-13-31(29-34)36-21-12-26-46-48(36)40-19-6-9-25-45(40)51-46/h1-30H. The van der Waals surface area contributed by atoms with Crippen molar-refractivity contribution < 1.29 is 4.42 Å². The molecule has 0 N–H and O–H groups in total. The van der Waals surface area contributed by atoms with Gasteiger partial charge in [-0.2, -0.15) is 0 Å². The third kappa shape index (κ3) is 4.12. The number of hydrogen-bond donors (Lipinski definition) is 0. The van der Waals surface area contributed by atoms with Crippen LogP contribution in [0.3, 0.4) is 0 Å². The molecule has 0 unspecified atom stereocenters. The number of benzene rings is 8. The lowest BCUT2D eigenvalue weighted by Gasteiger charge is -2.12. The summed E-state index contributed by atoms with van der Waals surface area (Å²) in [4.78, 5) is 0. The molecule has 0 aliphatic rings. The zero-order valence-corrected chi connectivity index (χ0v) is 27.6. The molecule has 0 fully saturated rings. The summed E-state index contributed by atoms with van der Waals surface area (Å²) in [5, 5.41) is 7.28. The van der Waals surface area contributed by atoms with E-state index >= 15 is 0 Å². The van der Waals surface area contributed by atoms with Gasteiger partial charge in [-0.15, -0.1) is 0 Å². The number of fused-ring (bicyclic) bond motifs is 9. The molecule has 0 atom stereocenters. The summed E-state index contributed by atoms with van der Waals surface area (Å²) in [6, 6.07) is 65.5. The number of aromatic nitrogens is 2. The zero-order valence-electron chi connectivity index (χ0n) is 27.6. The molecule has 238 valence electrons. The van der Waals surface area contributed by atoms with Gasteiger partial charge in [0.1, 0.15) is 11.2 Å². The van der Waals surface area contributed by atoms with Gasteiger partial charge < -0.3 is 13.6 Å². The Morgan fingerprint density at radius 3 is 1.75 bits per heavy atom. The van der Waals surface area contributed by atoms with Crippen LogP contribution in [0.5, 0.6) is 0 Å². The van der Waals surface area contributed by atoms with E-state index in [2.05, 4.69) is 179 Å². The SMILES string of the molecule is c1ccc(-n2c3ccccc3c3c(-c4ccc5c6ccccc6n(-c6cccc(-c7cccc8oc9ccccc9c78)c6)c5c4)cccc32)cc1. The predicted molar refractivity (Wildman–Crippen MR) is 213 cm³/mol. The average Bonchev–Trinajstić information content (AvgIpc) is 3.86. The van der Waals surface area contributed by atoms with E-state index in [0.29, 0.717) is 0 Å². The summed E-state index contributed by atoms with van der Waals surface area (Å²) in [5.41, 5.74) is 13.6. The van der Waals surface area contributed by atoms with Gasteiger partial charge in [0, 0.05) is 43.7 Å². The third-order valence-corrected chi connectivity index (χ3v) is 10.5. The van der Waals surface area contributed by atoms with Crippen LogP contribution in [0.25, 0.3) is 99.2 Å². The quantitative estimate of drug-likeness (QED) is 0.186. The minimum atomic E-state index is 0.906. The summed E-state index contributed by atoms with van der Waals surface area (Å²) >= 11 is 0. The van der Waals surface area contributed by atoms with Gasteiger partial charge in [0.2, 0.25) is 0 Å². The van der Waals surface area contributed by atoms with E-state index in [1.54, 1.807) is 0 Å². The Morgan fingerprint density at radius 2 is 0.882 bits per heavy atom. The molecule has 3 heterocycles. The lowest BCUT2D eigenvalue weighted by molar-refractivity contribution is 0.669. The van der Waals surface area contributed by atoms with Crippen molar-refractivity contribution in [3.05, 3.63) is 182 Å². The summed E-state index contributed by atoms with van der Waals surface area (Å²) < 4.78 is 11.1. The van der Waals surface area contributed by atoms with Crippen molar-refractivity contribution in [2.45, 2.75) is 0 Å². The number of para-hydroxylation sites is 4. The molecule has 0 amide bonds. The fourth-order valence-corrected chi connectivity index (χ4v) is 8.36. The Morgan fingerprint density at radius 1 is 0.314 bits per heavy atom. The Bertz CT molecular complexity index is 3140. The van der Waals surface area contributed by atoms with Crippen molar-refractivity contribution in [2.75, 3.05) is 0 Å². The van der Waals surface area contributed by atoms with Crippen LogP contribution >= 0.6 is 0 Å². The average molecular weight is 651 g/mol. The summed E-state index contributed by atoms with van der Waals surface area (Å²) in [7, 11) is 0. The largest absolute Gasteiger partial charge is 0.456 e. The maximum Gasteiger partial charge on any atom is 0.136 e. The molecule has 0 saturated heterocycles. The smallest absolute Gasteiger partial charge is 0.136 e. The number of furan rings is 1. The molecule has 0 radical (unpaired) electrons. The first-order valence-electron chi connectivity index (χ1n) is 17.4. The van der Waals surface area contributed by atoms with Gasteiger partial charge in [0.15, 0.2) is 0 Å². The van der Waals surface area contributed by atoms with Crippen LogP contribution in [-0.4, -0.2) is 9.13 Å². The Kier molecular flexibility index (Phi) is 5.96. The first-order chi connectivity index (χ1) is 25.3. The van der Waals surface area contributed by atoms with E-state index in [1.807, 2.05) is 12.1 Å². The maximum atomic E-state index is 6.26. The van der Waals surface area contributed by atoms with Crippen molar-refractivity contribution in [3.63, 3.8) is 0 Å². The van der Waals surface area contributed by atoms with Crippen molar-refractivity contribution >= 4 is 65.6 Å². The molecular weight excluding hydrogens is 621 g/mol. The minimum absolute atomic E-state index is 0.906.